The molecule has 0 saturated carbocycles. The topological polar surface area (TPSA) is 87.4 Å². The van der Waals surface area contributed by atoms with E-state index in [-0.39, 0.29) is 5.75 Å². The molecule has 0 fully saturated rings. The predicted molar refractivity (Wildman–Crippen MR) is 105 cm³/mol. The molecule has 0 bridgehead atoms. The highest BCUT2D eigenvalue weighted by Gasteiger charge is 2.32. The van der Waals surface area contributed by atoms with Crippen molar-refractivity contribution in [3.05, 3.63) is 58.0 Å². The van der Waals surface area contributed by atoms with Gasteiger partial charge in [0.05, 0.1) is 4.90 Å². The van der Waals surface area contributed by atoms with Crippen LogP contribution in [0.3, 0.4) is 0 Å². The lowest BCUT2D eigenvalue weighted by atomic mass is 9.84. The third-order valence-electron chi connectivity index (χ3n) is 4.18. The van der Waals surface area contributed by atoms with Crippen molar-refractivity contribution in [2.45, 2.75) is 44.4 Å². The molecule has 1 N–H and O–H groups in total. The van der Waals surface area contributed by atoms with Crippen molar-refractivity contribution in [2.75, 3.05) is 0 Å². The number of phenolic OH excluding ortho intramolecular Hbond substituents is 1. The van der Waals surface area contributed by atoms with Gasteiger partial charge in [-0.15, -0.1) is 13.2 Å². The average molecular weight is 439 g/mol. The molecule has 0 unspecified atom stereocenters. The van der Waals surface area contributed by atoms with Crippen LogP contribution in [0.1, 0.15) is 37.5 Å². The van der Waals surface area contributed by atoms with Gasteiger partial charge in [0.15, 0.2) is 0 Å². The van der Waals surface area contributed by atoms with Gasteiger partial charge in [-0.3, -0.25) is 0 Å². The van der Waals surface area contributed by atoms with Gasteiger partial charge in [-0.25, -0.2) is 8.42 Å². The van der Waals surface area contributed by atoms with E-state index in [2.05, 4.69) is 4.74 Å². The van der Waals surface area contributed by atoms with Gasteiger partial charge < -0.3 is 9.84 Å². The number of allylic oxidation sites excluding steroid dienone is 1. The third kappa shape index (κ3) is 5.33. The highest BCUT2D eigenvalue weighted by atomic mass is 32.2. The molecule has 0 heterocycles. The van der Waals surface area contributed by atoms with Crippen LogP contribution in [-0.2, 0) is 15.3 Å². The van der Waals surface area contributed by atoms with Gasteiger partial charge in [0.25, 0.3) is 0 Å². The number of nitriles is 1. The Morgan fingerprint density at radius 3 is 2.33 bits per heavy atom. The molecule has 0 radical (unpaired) electrons. The van der Waals surface area contributed by atoms with Gasteiger partial charge in [-0.1, -0.05) is 26.8 Å². The quantitative estimate of drug-likeness (QED) is 0.659. The monoisotopic (exact) mass is 439 g/mol. The van der Waals surface area contributed by atoms with E-state index in [0.29, 0.717) is 22.8 Å². The maximum Gasteiger partial charge on any atom is 0.573 e. The molecule has 2 aromatic carbocycles. The van der Waals surface area contributed by atoms with E-state index < -0.39 is 37.2 Å². The van der Waals surface area contributed by atoms with E-state index in [9.17, 15) is 32.0 Å². The standard InChI is InChI=1S/C21H20F3NO4S/c1-13-8-14(10-18(19(13)26)20(2,3)4)9-17(12-25)30(27,28)16-7-5-6-15(11-16)29-21(22,23)24/h5-11,26H,1-4H3/b17-9+. The number of hydrogen-bond donors (Lipinski definition) is 1. The van der Waals surface area contributed by atoms with Crippen LogP contribution in [0.25, 0.3) is 6.08 Å². The minimum atomic E-state index is -4.98. The number of halogens is 3. The van der Waals surface area contributed by atoms with Crippen molar-refractivity contribution in [1.29, 1.82) is 5.26 Å². The summed E-state index contributed by atoms with van der Waals surface area (Å²) in [6.07, 6.45) is -3.86. The first-order valence-electron chi connectivity index (χ1n) is 8.72. The summed E-state index contributed by atoms with van der Waals surface area (Å²) in [5.74, 6) is -0.644. The largest absolute Gasteiger partial charge is 0.573 e. The molecule has 0 aliphatic heterocycles. The maximum atomic E-state index is 12.8. The smallest absolute Gasteiger partial charge is 0.507 e. The van der Waals surface area contributed by atoms with Crippen LogP contribution in [0.15, 0.2) is 46.2 Å². The third-order valence-corrected chi connectivity index (χ3v) is 5.84. The number of sulfone groups is 1. The number of rotatable bonds is 4. The lowest BCUT2D eigenvalue weighted by Gasteiger charge is -2.22. The Morgan fingerprint density at radius 2 is 1.80 bits per heavy atom. The average Bonchev–Trinajstić information content (AvgIpc) is 2.60. The van der Waals surface area contributed by atoms with Crippen molar-refractivity contribution in [3.8, 4) is 17.6 Å². The first kappa shape index (κ1) is 23.3. The van der Waals surface area contributed by atoms with Crippen molar-refractivity contribution in [2.24, 2.45) is 0 Å². The van der Waals surface area contributed by atoms with Crippen LogP contribution in [0.2, 0.25) is 0 Å². The van der Waals surface area contributed by atoms with Crippen molar-refractivity contribution >= 4 is 15.9 Å². The molecule has 30 heavy (non-hydrogen) atoms. The molecule has 0 aliphatic rings. The molecule has 0 saturated heterocycles. The van der Waals surface area contributed by atoms with Crippen LogP contribution in [0.5, 0.6) is 11.5 Å². The molecule has 0 amide bonds. The summed E-state index contributed by atoms with van der Waals surface area (Å²) in [6.45, 7) is 7.23. The minimum absolute atomic E-state index is 0.0676. The molecule has 2 rings (SSSR count). The van der Waals surface area contributed by atoms with E-state index in [4.69, 9.17) is 0 Å². The van der Waals surface area contributed by atoms with Crippen LogP contribution in [-0.4, -0.2) is 19.9 Å². The second kappa shape index (κ2) is 8.03. The minimum Gasteiger partial charge on any atom is -0.507 e. The molecular weight excluding hydrogens is 419 g/mol. The molecule has 2 aromatic rings. The number of benzene rings is 2. The number of aromatic hydroxyl groups is 1. The molecule has 0 aliphatic carbocycles. The summed E-state index contributed by atoms with van der Waals surface area (Å²) in [7, 11) is -4.41. The molecule has 0 atom stereocenters. The maximum absolute atomic E-state index is 12.8. The van der Waals surface area contributed by atoms with E-state index >= 15 is 0 Å². The normalized spacial score (nSPS) is 13.1. The Hall–Kier alpha value is -2.99. The zero-order chi connectivity index (χ0) is 22.9. The van der Waals surface area contributed by atoms with Gasteiger partial charge in [-0.05, 0) is 59.9 Å². The molecular formula is C21H20F3NO4S. The molecule has 9 heteroatoms. The summed E-state index contributed by atoms with van der Waals surface area (Å²) < 4.78 is 66.7. The summed E-state index contributed by atoms with van der Waals surface area (Å²) in [6, 6.07) is 8.51. The van der Waals surface area contributed by atoms with E-state index in [1.165, 1.54) is 6.07 Å². The number of phenols is 1. The van der Waals surface area contributed by atoms with Crippen molar-refractivity contribution in [1.82, 2.24) is 0 Å². The highest BCUT2D eigenvalue weighted by Crippen LogP contribution is 2.35. The zero-order valence-corrected chi connectivity index (χ0v) is 17.5. The fourth-order valence-corrected chi connectivity index (χ4v) is 3.94. The first-order valence-corrected chi connectivity index (χ1v) is 10.2. The van der Waals surface area contributed by atoms with Crippen LogP contribution < -0.4 is 4.74 Å². The van der Waals surface area contributed by atoms with Gasteiger partial charge >= 0.3 is 6.36 Å². The molecule has 0 spiro atoms. The van der Waals surface area contributed by atoms with Gasteiger partial charge in [0, 0.05) is 5.56 Å². The highest BCUT2D eigenvalue weighted by molar-refractivity contribution is 7.95. The number of hydrogen-bond acceptors (Lipinski definition) is 5. The Balaban J connectivity index is 2.57. The lowest BCUT2D eigenvalue weighted by Crippen LogP contribution is -2.17. The fourth-order valence-electron chi connectivity index (χ4n) is 2.75. The van der Waals surface area contributed by atoms with Crippen molar-refractivity contribution in [3.63, 3.8) is 0 Å². The van der Waals surface area contributed by atoms with E-state index in [1.54, 1.807) is 19.1 Å². The molecule has 160 valence electrons. The second-order valence-electron chi connectivity index (χ2n) is 7.63. The Bertz CT molecular complexity index is 1140. The number of ether oxygens (including phenoxy) is 1. The number of alkyl halides is 3. The van der Waals surface area contributed by atoms with Crippen LogP contribution in [0, 0.1) is 18.3 Å². The Morgan fingerprint density at radius 1 is 1.17 bits per heavy atom. The van der Waals surface area contributed by atoms with E-state index in [0.717, 1.165) is 24.3 Å². The predicted octanol–water partition coefficient (Wildman–Crippen LogP) is 5.24. The summed E-state index contributed by atoms with van der Waals surface area (Å²) in [4.78, 5) is -1.17. The fraction of sp³-hybridized carbons (Fsp3) is 0.286. The molecule has 0 aromatic heterocycles. The second-order valence-corrected chi connectivity index (χ2v) is 9.55. The van der Waals surface area contributed by atoms with E-state index in [1.807, 2.05) is 20.8 Å². The van der Waals surface area contributed by atoms with Crippen molar-refractivity contribution < 1.29 is 31.4 Å². The Kier molecular flexibility index (Phi) is 6.23. The SMILES string of the molecule is Cc1cc(/C=C(\C#N)S(=O)(=O)c2cccc(OC(F)(F)F)c2)cc(C(C)(C)C)c1O. The number of nitrogens with zero attached hydrogens (tertiary/aromatic N) is 1. The first-order chi connectivity index (χ1) is 13.6. The summed E-state index contributed by atoms with van der Waals surface area (Å²) in [5, 5.41) is 19.7. The lowest BCUT2D eigenvalue weighted by molar-refractivity contribution is -0.274. The number of aryl methyl sites for hydroxylation is 1. The van der Waals surface area contributed by atoms with Gasteiger partial charge in [-0.2, -0.15) is 5.26 Å². The van der Waals surface area contributed by atoms with Crippen LogP contribution in [0.4, 0.5) is 13.2 Å². The van der Waals surface area contributed by atoms with Gasteiger partial charge in [0.1, 0.15) is 22.5 Å². The Labute approximate surface area is 173 Å². The molecule has 5 nitrogen and oxygen atoms in total. The summed E-state index contributed by atoms with van der Waals surface area (Å²) in [5.41, 5.74) is 0.958. The zero-order valence-electron chi connectivity index (χ0n) is 16.7. The van der Waals surface area contributed by atoms with Gasteiger partial charge in [0.2, 0.25) is 9.84 Å². The van der Waals surface area contributed by atoms with Crippen LogP contribution >= 0.6 is 0 Å². The summed E-state index contributed by atoms with van der Waals surface area (Å²) >= 11 is 0.